The third-order valence-corrected chi connectivity index (χ3v) is 2.85. The number of halogens is 1. The molecule has 112 valence electrons. The first kappa shape index (κ1) is 16.4. The van der Waals surface area contributed by atoms with E-state index in [2.05, 4.69) is 5.43 Å². The van der Waals surface area contributed by atoms with Crippen LogP contribution in [0.2, 0.25) is 0 Å². The van der Waals surface area contributed by atoms with Crippen LogP contribution in [0.15, 0.2) is 18.2 Å². The van der Waals surface area contributed by atoms with Crippen molar-refractivity contribution in [3.05, 3.63) is 29.6 Å². The molecule has 1 aromatic rings. The Labute approximate surface area is 120 Å². The van der Waals surface area contributed by atoms with Gasteiger partial charge in [-0.2, -0.15) is 0 Å². The number of benzene rings is 1. The van der Waals surface area contributed by atoms with Gasteiger partial charge in [0.15, 0.2) is 0 Å². The maximum absolute atomic E-state index is 13.7. The number of amides is 1. The summed E-state index contributed by atoms with van der Waals surface area (Å²) in [5.74, 6) is 5.31. The predicted octanol–water partition coefficient (Wildman–Crippen LogP) is 2.87. The maximum atomic E-state index is 13.7. The molecule has 0 aliphatic rings. The first-order valence-electron chi connectivity index (χ1n) is 6.91. The lowest BCUT2D eigenvalue weighted by atomic mass is 10.1. The number of carbonyl (C=O) groups excluding carboxylic acids is 1. The van der Waals surface area contributed by atoms with Gasteiger partial charge in [-0.25, -0.2) is 4.39 Å². The van der Waals surface area contributed by atoms with E-state index in [4.69, 9.17) is 5.84 Å². The Hall–Kier alpha value is -1.62. The average Bonchev–Trinajstić information content (AvgIpc) is 2.35. The normalized spacial score (nSPS) is 11.0. The van der Waals surface area contributed by atoms with Crippen LogP contribution in [0.5, 0.6) is 0 Å². The Morgan fingerprint density at radius 1 is 1.25 bits per heavy atom. The van der Waals surface area contributed by atoms with Gasteiger partial charge in [0.2, 0.25) is 0 Å². The second-order valence-electron chi connectivity index (χ2n) is 5.80. The molecular weight excluding hydrogens is 257 g/mol. The van der Waals surface area contributed by atoms with Crippen LogP contribution < -0.4 is 11.3 Å². The minimum Gasteiger partial charge on any atom is -0.338 e. The summed E-state index contributed by atoms with van der Waals surface area (Å²) in [6.45, 7) is 9.47. The molecule has 1 rings (SSSR count). The van der Waals surface area contributed by atoms with E-state index >= 15 is 0 Å². The fourth-order valence-corrected chi connectivity index (χ4v) is 2.14. The zero-order valence-corrected chi connectivity index (χ0v) is 12.6. The monoisotopic (exact) mass is 281 g/mol. The van der Waals surface area contributed by atoms with Gasteiger partial charge in [-0.1, -0.05) is 33.8 Å². The number of nitrogens with one attached hydrogen (secondary N) is 1. The fraction of sp³-hybridized carbons (Fsp3) is 0.533. The molecule has 0 saturated carbocycles. The molecule has 20 heavy (non-hydrogen) atoms. The lowest BCUT2D eigenvalue weighted by Gasteiger charge is -2.27. The summed E-state index contributed by atoms with van der Waals surface area (Å²) in [4.78, 5) is 14.4. The molecule has 0 saturated heterocycles. The van der Waals surface area contributed by atoms with E-state index in [1.54, 1.807) is 11.0 Å². The highest BCUT2D eigenvalue weighted by molar-refractivity contribution is 5.99. The van der Waals surface area contributed by atoms with E-state index in [-0.39, 0.29) is 17.2 Å². The highest BCUT2D eigenvalue weighted by Gasteiger charge is 2.22. The summed E-state index contributed by atoms with van der Waals surface area (Å²) < 4.78 is 13.7. The standard InChI is InChI=1S/C15H24FN3O/c1-10(2)8-19(9-11(3)4)15(20)12-6-5-7-13(16)14(12)18-17/h5-7,10-11,18H,8-9,17H2,1-4H3. The Morgan fingerprint density at radius 3 is 2.25 bits per heavy atom. The van der Waals surface area contributed by atoms with Gasteiger partial charge >= 0.3 is 0 Å². The Morgan fingerprint density at radius 2 is 1.80 bits per heavy atom. The minimum atomic E-state index is -0.521. The van der Waals surface area contributed by atoms with Gasteiger partial charge in [-0.15, -0.1) is 0 Å². The van der Waals surface area contributed by atoms with Crippen LogP contribution >= 0.6 is 0 Å². The molecule has 0 unspecified atom stereocenters. The zero-order chi connectivity index (χ0) is 15.3. The number of hydrogen-bond donors (Lipinski definition) is 2. The smallest absolute Gasteiger partial charge is 0.256 e. The summed E-state index contributed by atoms with van der Waals surface area (Å²) in [7, 11) is 0. The third kappa shape index (κ3) is 4.20. The Bertz CT molecular complexity index is 450. The van der Waals surface area contributed by atoms with Crippen molar-refractivity contribution < 1.29 is 9.18 Å². The molecule has 0 fully saturated rings. The molecule has 0 aliphatic carbocycles. The van der Waals surface area contributed by atoms with Crippen molar-refractivity contribution in [3.63, 3.8) is 0 Å². The van der Waals surface area contributed by atoms with Crippen molar-refractivity contribution in [3.8, 4) is 0 Å². The number of hydrazine groups is 1. The van der Waals surface area contributed by atoms with E-state index in [0.717, 1.165) is 0 Å². The quantitative estimate of drug-likeness (QED) is 0.622. The van der Waals surface area contributed by atoms with Crippen molar-refractivity contribution in [2.75, 3.05) is 18.5 Å². The van der Waals surface area contributed by atoms with E-state index < -0.39 is 5.82 Å². The average molecular weight is 281 g/mol. The van der Waals surface area contributed by atoms with Gasteiger partial charge in [0.25, 0.3) is 5.91 Å². The van der Waals surface area contributed by atoms with E-state index in [0.29, 0.717) is 24.9 Å². The molecule has 0 aromatic heterocycles. The minimum absolute atomic E-state index is 0.0509. The highest BCUT2D eigenvalue weighted by Crippen LogP contribution is 2.21. The summed E-state index contributed by atoms with van der Waals surface area (Å²) >= 11 is 0. The second kappa shape index (κ2) is 7.24. The van der Waals surface area contributed by atoms with Crippen molar-refractivity contribution in [2.24, 2.45) is 17.7 Å². The predicted molar refractivity (Wildman–Crippen MR) is 79.8 cm³/mol. The van der Waals surface area contributed by atoms with E-state index in [9.17, 15) is 9.18 Å². The van der Waals surface area contributed by atoms with Gasteiger partial charge in [-0.3, -0.25) is 10.6 Å². The Kier molecular flexibility index (Phi) is 5.95. The molecule has 5 heteroatoms. The SMILES string of the molecule is CC(C)CN(CC(C)C)C(=O)c1cccc(F)c1NN. The second-order valence-corrected chi connectivity index (χ2v) is 5.80. The van der Waals surface area contributed by atoms with Crippen molar-refractivity contribution in [1.82, 2.24) is 4.90 Å². The van der Waals surface area contributed by atoms with Crippen molar-refractivity contribution in [2.45, 2.75) is 27.7 Å². The van der Waals surface area contributed by atoms with Gasteiger partial charge in [0.05, 0.1) is 11.3 Å². The number of anilines is 1. The van der Waals surface area contributed by atoms with Gasteiger partial charge < -0.3 is 10.3 Å². The van der Waals surface area contributed by atoms with Crippen LogP contribution in [0, 0.1) is 17.7 Å². The van der Waals surface area contributed by atoms with Crippen LogP contribution in [0.3, 0.4) is 0 Å². The van der Waals surface area contributed by atoms with Crippen molar-refractivity contribution in [1.29, 1.82) is 0 Å². The summed E-state index contributed by atoms with van der Waals surface area (Å²) in [6, 6.07) is 4.39. The number of para-hydroxylation sites is 1. The molecule has 4 nitrogen and oxygen atoms in total. The molecular formula is C15H24FN3O. The number of nitrogens with two attached hydrogens (primary N) is 1. The molecule has 0 radical (unpaired) electrons. The molecule has 0 aliphatic heterocycles. The number of carbonyl (C=O) groups is 1. The maximum Gasteiger partial charge on any atom is 0.256 e. The number of nitrogens with zero attached hydrogens (tertiary/aromatic N) is 1. The lowest BCUT2D eigenvalue weighted by Crippen LogP contribution is -2.37. The first-order valence-corrected chi connectivity index (χ1v) is 6.91. The van der Waals surface area contributed by atoms with Gasteiger partial charge in [0, 0.05) is 13.1 Å². The topological polar surface area (TPSA) is 58.4 Å². The van der Waals surface area contributed by atoms with Crippen LogP contribution in [0.4, 0.5) is 10.1 Å². The van der Waals surface area contributed by atoms with Crippen LogP contribution in [0.25, 0.3) is 0 Å². The largest absolute Gasteiger partial charge is 0.338 e. The fourth-order valence-electron chi connectivity index (χ4n) is 2.14. The third-order valence-electron chi connectivity index (χ3n) is 2.85. The molecule has 1 aromatic carbocycles. The van der Waals surface area contributed by atoms with Crippen molar-refractivity contribution >= 4 is 11.6 Å². The van der Waals surface area contributed by atoms with Gasteiger partial charge in [0.1, 0.15) is 5.82 Å². The molecule has 0 heterocycles. The summed E-state index contributed by atoms with van der Waals surface area (Å²) in [5, 5.41) is 0. The van der Waals surface area contributed by atoms with Crippen LogP contribution in [0.1, 0.15) is 38.1 Å². The number of rotatable bonds is 6. The molecule has 0 atom stereocenters. The molecule has 0 spiro atoms. The summed E-state index contributed by atoms with van der Waals surface area (Å²) in [5.41, 5.74) is 2.61. The van der Waals surface area contributed by atoms with Gasteiger partial charge in [-0.05, 0) is 24.0 Å². The molecule has 3 N–H and O–H groups in total. The lowest BCUT2D eigenvalue weighted by molar-refractivity contribution is 0.0715. The highest BCUT2D eigenvalue weighted by atomic mass is 19.1. The first-order chi connectivity index (χ1) is 9.36. The zero-order valence-electron chi connectivity index (χ0n) is 12.6. The van der Waals surface area contributed by atoms with Crippen LogP contribution in [-0.2, 0) is 0 Å². The number of hydrogen-bond acceptors (Lipinski definition) is 3. The summed E-state index contributed by atoms with van der Waals surface area (Å²) in [6.07, 6.45) is 0. The number of nitrogen functional groups attached to an aromatic ring is 1. The van der Waals surface area contributed by atoms with E-state index in [1.165, 1.54) is 12.1 Å². The molecule has 0 bridgehead atoms. The Balaban J connectivity index is 3.08. The van der Waals surface area contributed by atoms with Crippen LogP contribution in [-0.4, -0.2) is 23.9 Å². The molecule has 1 amide bonds. The van der Waals surface area contributed by atoms with E-state index in [1.807, 2.05) is 27.7 Å².